The van der Waals surface area contributed by atoms with Crippen molar-refractivity contribution in [2.24, 2.45) is 0 Å². The number of unbranched alkanes of at least 4 members (excludes halogenated alkanes) is 26. The highest BCUT2D eigenvalue weighted by molar-refractivity contribution is 7.85. The minimum Gasteiger partial charge on any atom is -0.391 e. The molecule has 0 saturated carbocycles. The van der Waals surface area contributed by atoms with E-state index in [9.17, 15) is 28.0 Å². The van der Waals surface area contributed by atoms with E-state index in [1.165, 1.54) is 128 Å². The summed E-state index contributed by atoms with van der Waals surface area (Å²) in [5, 5.41) is 23.4. The van der Waals surface area contributed by atoms with Crippen LogP contribution in [0.3, 0.4) is 0 Å². The first-order chi connectivity index (χ1) is 21.7. The Labute approximate surface area is 279 Å². The molecule has 4 N–H and O–H groups in total. The Balaban J connectivity index is 3.98. The number of aliphatic hydroxyl groups excluding tert-OH is 2. The standard InChI is InChI=1S/C37H75NO6S/c1-3-5-7-9-11-13-15-16-17-18-19-20-22-23-25-27-29-31-35(39)34(33-45(42,43)44)38-37(41)36(40)32-30-28-26-24-21-14-12-10-8-6-4-2/h34-36,39-40H,3-33H2,1-2H3,(H,38,41)(H,42,43,44). The van der Waals surface area contributed by atoms with Crippen molar-refractivity contribution in [3.8, 4) is 0 Å². The highest BCUT2D eigenvalue weighted by Gasteiger charge is 2.28. The van der Waals surface area contributed by atoms with Gasteiger partial charge in [-0.2, -0.15) is 8.42 Å². The minimum absolute atomic E-state index is 0.302. The monoisotopic (exact) mass is 662 g/mol. The van der Waals surface area contributed by atoms with Crippen molar-refractivity contribution in [3.63, 3.8) is 0 Å². The third-order valence-corrected chi connectivity index (χ3v) is 9.95. The third-order valence-electron chi connectivity index (χ3n) is 9.17. The summed E-state index contributed by atoms with van der Waals surface area (Å²) in [6.45, 7) is 4.49. The van der Waals surface area contributed by atoms with Gasteiger partial charge < -0.3 is 15.5 Å². The molecule has 3 unspecified atom stereocenters. The molecule has 0 aliphatic rings. The lowest BCUT2D eigenvalue weighted by atomic mass is 10.0. The molecule has 7 nitrogen and oxygen atoms in total. The van der Waals surface area contributed by atoms with Crippen molar-refractivity contribution >= 4 is 16.0 Å². The quantitative estimate of drug-likeness (QED) is 0.0396. The lowest BCUT2D eigenvalue weighted by molar-refractivity contribution is -0.131. The molecule has 0 aliphatic heterocycles. The molecule has 0 saturated heterocycles. The predicted molar refractivity (Wildman–Crippen MR) is 190 cm³/mol. The van der Waals surface area contributed by atoms with Gasteiger partial charge in [0.25, 0.3) is 10.1 Å². The fourth-order valence-corrected chi connectivity index (χ4v) is 6.93. The van der Waals surface area contributed by atoms with Crippen LogP contribution in [-0.4, -0.2) is 53.1 Å². The van der Waals surface area contributed by atoms with Crippen LogP contribution in [0.25, 0.3) is 0 Å². The van der Waals surface area contributed by atoms with Crippen LogP contribution < -0.4 is 5.32 Å². The Hall–Kier alpha value is -0.700. The van der Waals surface area contributed by atoms with E-state index in [4.69, 9.17) is 0 Å². The maximum atomic E-state index is 12.5. The normalized spacial score (nSPS) is 14.0. The smallest absolute Gasteiger partial charge is 0.266 e. The highest BCUT2D eigenvalue weighted by Crippen LogP contribution is 2.16. The summed E-state index contributed by atoms with van der Waals surface area (Å²) in [6.07, 6.45) is 32.6. The van der Waals surface area contributed by atoms with Crippen molar-refractivity contribution in [3.05, 3.63) is 0 Å². The SMILES string of the molecule is CCCCCCCCCCCCCCCCCCCC(O)C(CS(=O)(=O)O)NC(=O)C(O)CCCCCCCCCCCCC. The second-order valence-corrected chi connectivity index (χ2v) is 15.2. The van der Waals surface area contributed by atoms with E-state index < -0.39 is 40.0 Å². The number of amides is 1. The summed E-state index contributed by atoms with van der Waals surface area (Å²) in [5.74, 6) is -1.44. The fourth-order valence-electron chi connectivity index (χ4n) is 6.17. The second-order valence-electron chi connectivity index (χ2n) is 13.7. The van der Waals surface area contributed by atoms with Crippen LogP contribution in [0, 0.1) is 0 Å². The molecular weight excluding hydrogens is 586 g/mol. The average Bonchev–Trinajstić information content (AvgIpc) is 3.00. The van der Waals surface area contributed by atoms with Crippen LogP contribution in [0.5, 0.6) is 0 Å². The van der Waals surface area contributed by atoms with Crippen molar-refractivity contribution in [2.45, 2.75) is 225 Å². The number of rotatable bonds is 35. The van der Waals surface area contributed by atoms with Crippen LogP contribution >= 0.6 is 0 Å². The molecule has 0 heterocycles. The fraction of sp³-hybridized carbons (Fsp3) is 0.973. The molecule has 1 amide bonds. The van der Waals surface area contributed by atoms with Crippen LogP contribution in [0.2, 0.25) is 0 Å². The first-order valence-corrected chi connectivity index (χ1v) is 20.9. The summed E-state index contributed by atoms with van der Waals surface area (Å²) in [6, 6.07) is -1.14. The maximum absolute atomic E-state index is 12.5. The number of aliphatic hydroxyl groups is 2. The van der Waals surface area contributed by atoms with Crippen molar-refractivity contribution in [1.82, 2.24) is 5.32 Å². The van der Waals surface area contributed by atoms with Gasteiger partial charge in [0.15, 0.2) is 0 Å². The zero-order valence-electron chi connectivity index (χ0n) is 29.6. The van der Waals surface area contributed by atoms with Gasteiger partial charge in [0, 0.05) is 0 Å². The number of hydrogen-bond acceptors (Lipinski definition) is 5. The van der Waals surface area contributed by atoms with Gasteiger partial charge >= 0.3 is 0 Å². The lowest BCUT2D eigenvalue weighted by Gasteiger charge is -2.24. The Morgan fingerprint density at radius 2 is 0.800 bits per heavy atom. The van der Waals surface area contributed by atoms with E-state index in [2.05, 4.69) is 19.2 Å². The molecule has 0 rings (SSSR count). The van der Waals surface area contributed by atoms with E-state index in [1.54, 1.807) is 0 Å². The molecule has 8 heteroatoms. The van der Waals surface area contributed by atoms with Gasteiger partial charge in [-0.05, 0) is 12.8 Å². The van der Waals surface area contributed by atoms with Gasteiger partial charge in [0.05, 0.1) is 17.9 Å². The lowest BCUT2D eigenvalue weighted by Crippen LogP contribution is -2.50. The summed E-state index contributed by atoms with van der Waals surface area (Å²) in [7, 11) is -4.40. The second kappa shape index (κ2) is 31.9. The summed E-state index contributed by atoms with van der Waals surface area (Å²) >= 11 is 0. The van der Waals surface area contributed by atoms with E-state index >= 15 is 0 Å². The minimum atomic E-state index is -4.40. The molecule has 0 aromatic rings. The summed E-state index contributed by atoms with van der Waals surface area (Å²) < 4.78 is 32.5. The largest absolute Gasteiger partial charge is 0.391 e. The molecule has 0 bridgehead atoms. The summed E-state index contributed by atoms with van der Waals surface area (Å²) in [4.78, 5) is 12.5. The Bertz CT molecular complexity index is 747. The molecule has 3 atom stereocenters. The Morgan fingerprint density at radius 1 is 0.511 bits per heavy atom. The van der Waals surface area contributed by atoms with Gasteiger partial charge in [-0.3, -0.25) is 9.35 Å². The summed E-state index contributed by atoms with van der Waals surface area (Å²) in [5.41, 5.74) is 0. The molecule has 0 fully saturated rings. The Morgan fingerprint density at radius 3 is 1.11 bits per heavy atom. The van der Waals surface area contributed by atoms with Crippen LogP contribution in [0.15, 0.2) is 0 Å². The predicted octanol–water partition coefficient (Wildman–Crippen LogP) is 9.82. The maximum Gasteiger partial charge on any atom is 0.266 e. The number of hydrogen-bond donors (Lipinski definition) is 4. The van der Waals surface area contributed by atoms with Gasteiger partial charge in [-0.1, -0.05) is 194 Å². The van der Waals surface area contributed by atoms with E-state index in [-0.39, 0.29) is 0 Å². The molecule has 0 aromatic heterocycles. The molecule has 45 heavy (non-hydrogen) atoms. The van der Waals surface area contributed by atoms with Crippen LogP contribution in [-0.2, 0) is 14.9 Å². The first kappa shape index (κ1) is 44.3. The Kier molecular flexibility index (Phi) is 31.4. The zero-order chi connectivity index (χ0) is 33.4. The van der Waals surface area contributed by atoms with Crippen LogP contribution in [0.4, 0.5) is 0 Å². The van der Waals surface area contributed by atoms with Crippen molar-refractivity contribution in [1.29, 1.82) is 0 Å². The van der Waals surface area contributed by atoms with Gasteiger partial charge in [0.2, 0.25) is 5.91 Å². The molecular formula is C37H75NO6S. The highest BCUT2D eigenvalue weighted by atomic mass is 32.2. The first-order valence-electron chi connectivity index (χ1n) is 19.3. The number of nitrogens with one attached hydrogen (secondary N) is 1. The van der Waals surface area contributed by atoms with Gasteiger partial charge in [-0.25, -0.2) is 0 Å². The molecule has 0 spiro atoms. The number of carbonyl (C=O) groups is 1. The van der Waals surface area contributed by atoms with Crippen LogP contribution in [0.1, 0.15) is 206 Å². The molecule has 0 aliphatic carbocycles. The van der Waals surface area contributed by atoms with Crippen molar-refractivity contribution < 1.29 is 28.0 Å². The van der Waals surface area contributed by atoms with Gasteiger partial charge in [0.1, 0.15) is 6.10 Å². The molecule has 0 aromatic carbocycles. The van der Waals surface area contributed by atoms with Crippen molar-refractivity contribution in [2.75, 3.05) is 5.75 Å². The molecule has 0 radical (unpaired) electrons. The number of carbonyl (C=O) groups excluding carboxylic acids is 1. The zero-order valence-corrected chi connectivity index (χ0v) is 30.4. The van der Waals surface area contributed by atoms with Gasteiger partial charge in [-0.15, -0.1) is 0 Å². The average molecular weight is 662 g/mol. The van der Waals surface area contributed by atoms with E-state index in [0.29, 0.717) is 12.8 Å². The third kappa shape index (κ3) is 31.7. The topological polar surface area (TPSA) is 124 Å². The van der Waals surface area contributed by atoms with E-state index in [0.717, 1.165) is 51.4 Å². The molecule has 270 valence electrons. The van der Waals surface area contributed by atoms with E-state index in [1.807, 2.05) is 0 Å².